The molecule has 4 bridgehead atoms. The second-order valence-corrected chi connectivity index (χ2v) is 17.0. The van der Waals surface area contributed by atoms with Gasteiger partial charge in [0.1, 0.15) is 23.8 Å². The Labute approximate surface area is 327 Å². The number of phenolic OH excluding ortho intramolecular Hbond substituents is 1. The number of hydrogen-bond donors (Lipinski definition) is 4. The number of esters is 2. The van der Waals surface area contributed by atoms with Gasteiger partial charge in [-0.15, -0.1) is 11.8 Å². The molecule has 4 N–H and O–H groups in total. The second kappa shape index (κ2) is 12.4. The molecule has 8 aliphatic heterocycles. The van der Waals surface area contributed by atoms with Crippen LogP contribution in [0.15, 0.2) is 24.3 Å². The lowest BCUT2D eigenvalue weighted by atomic mass is 9.78. The van der Waals surface area contributed by atoms with Gasteiger partial charge in [-0.1, -0.05) is 6.07 Å². The Balaban J connectivity index is 1.24. The minimum atomic E-state index is -1.50. The number of ether oxygens (including phenoxy) is 6. The van der Waals surface area contributed by atoms with E-state index >= 15 is 0 Å². The number of phenols is 1. The van der Waals surface area contributed by atoms with E-state index in [9.17, 15) is 19.8 Å². The number of fused-ring (bicyclic) bond motifs is 8. The Bertz CT molecular complexity index is 2380. The lowest BCUT2D eigenvalue weighted by Crippen LogP contribution is -2.70. The lowest BCUT2D eigenvalue weighted by Gasteiger charge is -2.60. The molecule has 0 radical (unpaired) electrons. The SMILES string of the molecule is COc1ccc2[nH]c3c(c2c1)CCN[C@]31CS[C@@H]2c3c(OC(C)=O)c(C)c4c(c3[C@H](COC1=O)N1C2C2c3c(cc(C)c(OC)c3O)C[C@@]1(O)CN2C)OCO4. The highest BCUT2D eigenvalue weighted by molar-refractivity contribution is 7.99. The van der Waals surface area contributed by atoms with Gasteiger partial charge in [-0.05, 0) is 62.2 Å². The number of piperazine rings is 1. The van der Waals surface area contributed by atoms with E-state index in [0.717, 1.165) is 39.0 Å². The topological polar surface area (TPSA) is 164 Å². The Kier molecular flexibility index (Phi) is 7.92. The lowest BCUT2D eigenvalue weighted by molar-refractivity contribution is -0.215. The Morgan fingerprint density at radius 3 is 2.62 bits per heavy atom. The number of benzene rings is 3. The van der Waals surface area contributed by atoms with Crippen molar-refractivity contribution in [2.75, 3.05) is 53.5 Å². The first-order chi connectivity index (χ1) is 26.9. The first kappa shape index (κ1) is 35.7. The Morgan fingerprint density at radius 1 is 1.05 bits per heavy atom. The standard InChI is InChI=1S/C41H44N4O10S/c1-18-11-21-13-40(49)15-44(4)30(27(21)32(47)33(18)51-6)31-37-29-28(36-35(53-17-54-36)19(2)34(29)55-20(3)46)26(45(31)40)14-52-39(48)41(16-56-37)38-23(9-10-42-41)24-12-22(50-5)7-8-25(24)43-38/h7-8,11-12,26,30-31,37,42-43,47,49H,9-10,13-17H2,1-6H3/t26-,30?,31?,37+,40+,41+/m0/s1. The van der Waals surface area contributed by atoms with Gasteiger partial charge in [0, 0.05) is 71.4 Å². The number of rotatable bonds is 3. The van der Waals surface area contributed by atoms with Crippen LogP contribution in [0.3, 0.4) is 0 Å². The molecule has 2 fully saturated rings. The summed E-state index contributed by atoms with van der Waals surface area (Å²) in [5.74, 6) is 1.67. The monoisotopic (exact) mass is 784 g/mol. The number of aromatic nitrogens is 1. The van der Waals surface area contributed by atoms with Gasteiger partial charge < -0.3 is 43.6 Å². The third-order valence-electron chi connectivity index (χ3n) is 12.8. The highest BCUT2D eigenvalue weighted by Crippen LogP contribution is 2.65. The number of hydrogen-bond acceptors (Lipinski definition) is 14. The van der Waals surface area contributed by atoms with Crippen molar-refractivity contribution in [1.82, 2.24) is 20.1 Å². The van der Waals surface area contributed by atoms with Crippen LogP contribution in [0.1, 0.15) is 68.9 Å². The number of likely N-dealkylation sites (N-methyl/N-ethyl adjacent to an activating group) is 1. The van der Waals surface area contributed by atoms with Gasteiger partial charge in [0.15, 0.2) is 28.5 Å². The van der Waals surface area contributed by atoms with Crippen molar-refractivity contribution in [3.63, 3.8) is 0 Å². The number of nitrogens with zero attached hydrogens (tertiary/aromatic N) is 2. The van der Waals surface area contributed by atoms with Crippen molar-refractivity contribution < 1.29 is 48.2 Å². The molecule has 1 spiro atoms. The number of carbonyl (C=O) groups is 2. The Morgan fingerprint density at radius 2 is 1.86 bits per heavy atom. The summed E-state index contributed by atoms with van der Waals surface area (Å²) < 4.78 is 36.3. The number of thioether (sulfide) groups is 1. The third-order valence-corrected chi connectivity index (χ3v) is 14.2. The molecule has 0 aliphatic carbocycles. The molecule has 15 heteroatoms. The summed E-state index contributed by atoms with van der Waals surface area (Å²) in [7, 11) is 5.13. The number of nitrogens with one attached hydrogen (secondary N) is 2. The highest BCUT2D eigenvalue weighted by Gasteiger charge is 2.63. The molecular formula is C41H44N4O10S. The fourth-order valence-electron chi connectivity index (χ4n) is 10.7. The molecule has 4 aromatic rings. The molecule has 7 atom stereocenters. The van der Waals surface area contributed by atoms with Crippen LogP contribution >= 0.6 is 11.8 Å². The molecule has 1 aromatic heterocycles. The van der Waals surface area contributed by atoms with Gasteiger partial charge in [-0.3, -0.25) is 19.9 Å². The molecule has 3 aromatic carbocycles. The van der Waals surface area contributed by atoms with E-state index < -0.39 is 46.6 Å². The molecule has 0 saturated carbocycles. The van der Waals surface area contributed by atoms with Crippen molar-refractivity contribution in [1.29, 1.82) is 0 Å². The first-order valence-corrected chi connectivity index (χ1v) is 19.9. The van der Waals surface area contributed by atoms with Crippen LogP contribution < -0.4 is 29.0 Å². The van der Waals surface area contributed by atoms with E-state index in [1.54, 1.807) is 14.2 Å². The number of methoxy groups -OCH3 is 2. The zero-order valence-electron chi connectivity index (χ0n) is 32.0. The Hall–Kier alpha value is -4.67. The highest BCUT2D eigenvalue weighted by atomic mass is 32.2. The fourth-order valence-corrected chi connectivity index (χ4v) is 12.4. The predicted octanol–water partition coefficient (Wildman–Crippen LogP) is 4.19. The van der Waals surface area contributed by atoms with Crippen molar-refractivity contribution in [2.24, 2.45) is 0 Å². The van der Waals surface area contributed by atoms with Gasteiger partial charge in [0.05, 0.1) is 37.2 Å². The van der Waals surface area contributed by atoms with Gasteiger partial charge in [0.2, 0.25) is 6.79 Å². The summed E-state index contributed by atoms with van der Waals surface area (Å²) in [5.41, 5.74) is 4.06. The third kappa shape index (κ3) is 4.71. The van der Waals surface area contributed by atoms with Gasteiger partial charge >= 0.3 is 11.9 Å². The van der Waals surface area contributed by atoms with Gasteiger partial charge in [-0.25, -0.2) is 4.79 Å². The van der Waals surface area contributed by atoms with E-state index in [0.29, 0.717) is 58.2 Å². The molecule has 2 saturated heterocycles. The van der Waals surface area contributed by atoms with E-state index in [-0.39, 0.29) is 37.9 Å². The number of aliphatic hydroxyl groups is 1. The van der Waals surface area contributed by atoms with Crippen LogP contribution in [0.4, 0.5) is 0 Å². The number of carbonyl (C=O) groups excluding carboxylic acids is 2. The number of aromatic amines is 1. The molecule has 14 nitrogen and oxygen atoms in total. The second-order valence-electron chi connectivity index (χ2n) is 15.8. The van der Waals surface area contributed by atoms with E-state index in [2.05, 4.69) is 20.1 Å². The predicted molar refractivity (Wildman–Crippen MR) is 205 cm³/mol. The molecule has 294 valence electrons. The minimum Gasteiger partial charge on any atom is -0.504 e. The molecule has 12 rings (SSSR count). The quantitative estimate of drug-likeness (QED) is 0.173. The molecule has 3 unspecified atom stereocenters. The zero-order chi connectivity index (χ0) is 39.0. The van der Waals surface area contributed by atoms with Crippen molar-refractivity contribution >= 4 is 34.6 Å². The van der Waals surface area contributed by atoms with Crippen LogP contribution in [0.5, 0.6) is 34.5 Å². The fraction of sp³-hybridized carbons (Fsp3) is 0.463. The van der Waals surface area contributed by atoms with Crippen LogP contribution in [0.2, 0.25) is 0 Å². The van der Waals surface area contributed by atoms with Crippen LogP contribution in [-0.2, 0) is 32.7 Å². The van der Waals surface area contributed by atoms with E-state index in [4.69, 9.17) is 28.4 Å². The number of H-pyrrole nitrogens is 1. The smallest absolute Gasteiger partial charge is 0.333 e. The molecule has 9 heterocycles. The maximum Gasteiger partial charge on any atom is 0.333 e. The summed E-state index contributed by atoms with van der Waals surface area (Å²) in [6.45, 7) is 5.65. The largest absolute Gasteiger partial charge is 0.504 e. The average molecular weight is 785 g/mol. The summed E-state index contributed by atoms with van der Waals surface area (Å²) in [6, 6.07) is 6.05. The molecule has 8 aliphatic rings. The van der Waals surface area contributed by atoms with Crippen molar-refractivity contribution in [2.45, 2.75) is 68.3 Å². The summed E-state index contributed by atoms with van der Waals surface area (Å²) >= 11 is 1.53. The summed E-state index contributed by atoms with van der Waals surface area (Å²) in [6.07, 6.45) is 0.870. The minimum absolute atomic E-state index is 0.0284. The van der Waals surface area contributed by atoms with Crippen LogP contribution in [0, 0.1) is 13.8 Å². The van der Waals surface area contributed by atoms with Crippen LogP contribution in [-0.4, -0.2) is 102 Å². The molecular weight excluding hydrogens is 741 g/mol. The van der Waals surface area contributed by atoms with E-state index in [1.807, 2.05) is 45.2 Å². The van der Waals surface area contributed by atoms with Crippen molar-refractivity contribution in [3.8, 4) is 34.5 Å². The number of aromatic hydroxyl groups is 1. The van der Waals surface area contributed by atoms with Gasteiger partial charge in [-0.2, -0.15) is 0 Å². The first-order valence-electron chi connectivity index (χ1n) is 18.9. The zero-order valence-corrected chi connectivity index (χ0v) is 32.8. The summed E-state index contributed by atoms with van der Waals surface area (Å²) in [5, 5.41) is 29.3. The average Bonchev–Trinajstić information content (AvgIpc) is 3.76. The summed E-state index contributed by atoms with van der Waals surface area (Å²) in [4.78, 5) is 35.6. The number of aryl methyl sites for hydroxylation is 1. The molecule has 0 amide bonds. The van der Waals surface area contributed by atoms with Crippen molar-refractivity contribution in [3.05, 3.63) is 68.9 Å². The van der Waals surface area contributed by atoms with Crippen LogP contribution in [0.25, 0.3) is 10.9 Å². The maximum atomic E-state index is 14.9. The van der Waals surface area contributed by atoms with E-state index in [1.165, 1.54) is 18.7 Å². The molecule has 56 heavy (non-hydrogen) atoms. The van der Waals surface area contributed by atoms with Gasteiger partial charge in [0.25, 0.3) is 0 Å². The normalized spacial score (nSPS) is 29.9. The maximum absolute atomic E-state index is 14.9.